The summed E-state index contributed by atoms with van der Waals surface area (Å²) in [5, 5.41) is 0. The quantitative estimate of drug-likeness (QED) is 0.755. The van der Waals surface area contributed by atoms with Crippen molar-refractivity contribution in [3.05, 3.63) is 24.2 Å². The number of nitrogens with zero attached hydrogens (tertiary/aromatic N) is 4. The topological polar surface area (TPSA) is 51.0 Å². The Hall–Kier alpha value is -1.56. The second kappa shape index (κ2) is 8.63. The Kier molecular flexibility index (Phi) is 6.01. The molecule has 1 aliphatic heterocycles. The average molecular weight is 387 g/mol. The fraction of sp³-hybridized carbons (Fsp3) is 0.667. The first-order chi connectivity index (χ1) is 13.2. The molecule has 0 radical (unpaired) electrons. The van der Waals surface area contributed by atoms with Crippen molar-refractivity contribution in [2.24, 2.45) is 0 Å². The number of carbonyl (C=O) groups is 1. The van der Waals surface area contributed by atoms with E-state index >= 15 is 0 Å². The molecule has 0 spiro atoms. The number of hydrogen-bond acceptors (Lipinski definition) is 4. The molecule has 1 amide bonds. The zero-order valence-corrected chi connectivity index (χ0v) is 17.1. The largest absolute Gasteiger partial charge is 0.339 e. The Morgan fingerprint density at radius 1 is 1.19 bits per heavy atom. The van der Waals surface area contributed by atoms with Gasteiger partial charge in [-0.15, -0.1) is 11.8 Å². The Morgan fingerprint density at radius 2 is 2.00 bits per heavy atom. The molecule has 4 rings (SSSR count). The van der Waals surface area contributed by atoms with E-state index in [1.165, 1.54) is 38.5 Å². The van der Waals surface area contributed by atoms with E-state index in [4.69, 9.17) is 4.98 Å². The van der Waals surface area contributed by atoms with Crippen molar-refractivity contribution in [2.75, 3.05) is 12.3 Å². The van der Waals surface area contributed by atoms with Gasteiger partial charge in [-0.2, -0.15) is 0 Å². The minimum atomic E-state index is 0.283. The number of thioether (sulfide) groups is 1. The highest BCUT2D eigenvalue weighted by Crippen LogP contribution is 2.33. The van der Waals surface area contributed by atoms with E-state index in [0.717, 1.165) is 42.1 Å². The first-order valence-corrected chi connectivity index (χ1v) is 11.6. The summed E-state index contributed by atoms with van der Waals surface area (Å²) in [5.74, 6) is 2.69. The predicted octanol–water partition coefficient (Wildman–Crippen LogP) is 4.57. The van der Waals surface area contributed by atoms with Crippen molar-refractivity contribution in [1.82, 2.24) is 19.4 Å². The maximum Gasteiger partial charge on any atom is 0.232 e. The second-order valence-corrected chi connectivity index (χ2v) is 8.95. The van der Waals surface area contributed by atoms with Crippen molar-refractivity contribution < 1.29 is 4.79 Å². The lowest BCUT2D eigenvalue weighted by Crippen LogP contribution is -2.42. The average Bonchev–Trinajstić information content (AvgIpc) is 3.07. The first kappa shape index (κ1) is 18.8. The number of aromatic nitrogens is 3. The van der Waals surface area contributed by atoms with Crippen LogP contribution in [0.5, 0.6) is 0 Å². The van der Waals surface area contributed by atoms with Crippen LogP contribution in [-0.2, 0) is 10.5 Å². The van der Waals surface area contributed by atoms with E-state index in [0.29, 0.717) is 17.8 Å². The number of piperidine rings is 1. The minimum absolute atomic E-state index is 0.283. The molecule has 0 unspecified atom stereocenters. The van der Waals surface area contributed by atoms with E-state index < -0.39 is 0 Å². The Bertz CT molecular complexity index is 784. The second-order valence-electron chi connectivity index (χ2n) is 7.96. The Morgan fingerprint density at radius 3 is 2.81 bits per heavy atom. The van der Waals surface area contributed by atoms with Crippen molar-refractivity contribution >= 4 is 28.8 Å². The molecule has 2 aromatic heterocycles. The molecular weight excluding hydrogens is 356 g/mol. The van der Waals surface area contributed by atoms with Gasteiger partial charge in [0.1, 0.15) is 11.3 Å². The van der Waals surface area contributed by atoms with Gasteiger partial charge in [-0.3, -0.25) is 4.79 Å². The molecular formula is C21H30N4OS. The number of rotatable bonds is 5. The summed E-state index contributed by atoms with van der Waals surface area (Å²) in [7, 11) is 0. The lowest BCUT2D eigenvalue weighted by Gasteiger charge is -2.33. The molecule has 3 heterocycles. The number of fused-ring (bicyclic) bond motifs is 1. The van der Waals surface area contributed by atoms with Crippen LogP contribution in [0.1, 0.15) is 70.2 Å². The number of imidazole rings is 1. The standard InChI is InChI=1S/C21H30N4OS/c1-16-8-5-6-13-24(16)20(26)15-27-14-19-23-18-11-7-12-22-21(18)25(19)17-9-3-2-4-10-17/h7,11-12,16-17H,2-6,8-10,13-15H2,1H3/t16-/m1/s1. The van der Waals surface area contributed by atoms with Crippen LogP contribution in [0.4, 0.5) is 0 Å². The molecule has 2 aromatic rings. The molecule has 1 saturated heterocycles. The molecule has 5 nitrogen and oxygen atoms in total. The third-order valence-corrected chi connectivity index (χ3v) is 6.96. The molecule has 1 saturated carbocycles. The van der Waals surface area contributed by atoms with E-state index in [1.807, 2.05) is 12.3 Å². The molecule has 0 N–H and O–H groups in total. The Balaban J connectivity index is 1.46. The smallest absolute Gasteiger partial charge is 0.232 e. The summed E-state index contributed by atoms with van der Waals surface area (Å²) >= 11 is 1.70. The van der Waals surface area contributed by atoms with Gasteiger partial charge in [-0.05, 0) is 51.2 Å². The highest BCUT2D eigenvalue weighted by molar-refractivity contribution is 7.99. The molecule has 2 aliphatic rings. The first-order valence-electron chi connectivity index (χ1n) is 10.4. The van der Waals surface area contributed by atoms with Gasteiger partial charge in [0.05, 0.1) is 11.5 Å². The summed E-state index contributed by atoms with van der Waals surface area (Å²) in [6.07, 6.45) is 11.7. The van der Waals surface area contributed by atoms with Gasteiger partial charge in [0.15, 0.2) is 5.65 Å². The molecule has 27 heavy (non-hydrogen) atoms. The Labute approximate surface area is 165 Å². The fourth-order valence-electron chi connectivity index (χ4n) is 4.58. The molecule has 146 valence electrons. The van der Waals surface area contributed by atoms with Crippen LogP contribution in [0.15, 0.2) is 18.3 Å². The zero-order chi connectivity index (χ0) is 18.6. The highest BCUT2D eigenvalue weighted by atomic mass is 32.2. The van der Waals surface area contributed by atoms with Crippen LogP contribution >= 0.6 is 11.8 Å². The van der Waals surface area contributed by atoms with E-state index in [1.54, 1.807) is 11.8 Å². The maximum absolute atomic E-state index is 12.6. The normalized spacial score (nSPS) is 21.7. The molecule has 2 fully saturated rings. The van der Waals surface area contributed by atoms with Crippen LogP contribution in [0, 0.1) is 0 Å². The SMILES string of the molecule is C[C@@H]1CCCCN1C(=O)CSCc1nc2cccnc2n1C1CCCCC1. The van der Waals surface area contributed by atoms with Crippen LogP contribution in [0.3, 0.4) is 0 Å². The summed E-state index contributed by atoms with van der Waals surface area (Å²) in [6.45, 7) is 3.10. The summed E-state index contributed by atoms with van der Waals surface area (Å²) in [5.41, 5.74) is 1.99. The van der Waals surface area contributed by atoms with Gasteiger partial charge in [0.2, 0.25) is 5.91 Å². The lowest BCUT2D eigenvalue weighted by atomic mass is 9.95. The molecule has 0 bridgehead atoms. The molecule has 1 atom stereocenters. The predicted molar refractivity (Wildman–Crippen MR) is 111 cm³/mol. The van der Waals surface area contributed by atoms with Gasteiger partial charge >= 0.3 is 0 Å². The fourth-order valence-corrected chi connectivity index (χ4v) is 5.41. The van der Waals surface area contributed by atoms with Gasteiger partial charge in [0.25, 0.3) is 0 Å². The number of likely N-dealkylation sites (tertiary alicyclic amines) is 1. The van der Waals surface area contributed by atoms with Crippen LogP contribution in [0.25, 0.3) is 11.2 Å². The van der Waals surface area contributed by atoms with Crippen molar-refractivity contribution in [2.45, 2.75) is 76.1 Å². The summed E-state index contributed by atoms with van der Waals surface area (Å²) in [4.78, 5) is 24.2. The maximum atomic E-state index is 12.6. The van der Waals surface area contributed by atoms with Gasteiger partial charge in [-0.25, -0.2) is 9.97 Å². The van der Waals surface area contributed by atoms with E-state index in [2.05, 4.69) is 27.4 Å². The van der Waals surface area contributed by atoms with E-state index in [9.17, 15) is 4.79 Å². The van der Waals surface area contributed by atoms with Crippen LogP contribution in [-0.4, -0.2) is 43.7 Å². The van der Waals surface area contributed by atoms with Crippen LogP contribution < -0.4 is 0 Å². The van der Waals surface area contributed by atoms with Gasteiger partial charge in [-0.1, -0.05) is 19.3 Å². The zero-order valence-electron chi connectivity index (χ0n) is 16.3. The van der Waals surface area contributed by atoms with Crippen LogP contribution in [0.2, 0.25) is 0 Å². The van der Waals surface area contributed by atoms with Crippen molar-refractivity contribution in [1.29, 1.82) is 0 Å². The van der Waals surface area contributed by atoms with Crippen molar-refractivity contribution in [3.8, 4) is 0 Å². The molecule has 6 heteroatoms. The number of amides is 1. The molecule has 0 aromatic carbocycles. The minimum Gasteiger partial charge on any atom is -0.339 e. The number of hydrogen-bond donors (Lipinski definition) is 0. The third-order valence-electron chi connectivity index (χ3n) is 6.04. The van der Waals surface area contributed by atoms with Gasteiger partial charge < -0.3 is 9.47 Å². The van der Waals surface area contributed by atoms with Crippen molar-refractivity contribution in [3.63, 3.8) is 0 Å². The third kappa shape index (κ3) is 4.15. The highest BCUT2D eigenvalue weighted by Gasteiger charge is 2.24. The summed E-state index contributed by atoms with van der Waals surface area (Å²) < 4.78 is 2.37. The lowest BCUT2D eigenvalue weighted by molar-refractivity contribution is -0.131. The molecule has 1 aliphatic carbocycles. The number of carbonyl (C=O) groups excluding carboxylic acids is 1. The van der Waals surface area contributed by atoms with E-state index in [-0.39, 0.29) is 5.91 Å². The number of pyridine rings is 1. The monoisotopic (exact) mass is 386 g/mol. The summed E-state index contributed by atoms with van der Waals surface area (Å²) in [6, 6.07) is 4.91. The van der Waals surface area contributed by atoms with Gasteiger partial charge in [0, 0.05) is 24.8 Å².